The summed E-state index contributed by atoms with van der Waals surface area (Å²) in [5.74, 6) is -0.894. The van der Waals surface area contributed by atoms with Crippen LogP contribution in [0.4, 0.5) is 13.6 Å². The van der Waals surface area contributed by atoms with Gasteiger partial charge in [0, 0.05) is 11.1 Å². The van der Waals surface area contributed by atoms with Crippen molar-refractivity contribution in [1.82, 2.24) is 4.90 Å². The summed E-state index contributed by atoms with van der Waals surface area (Å²) in [6, 6.07) is 17.2. The van der Waals surface area contributed by atoms with Gasteiger partial charge in [0.1, 0.15) is 24.0 Å². The van der Waals surface area contributed by atoms with Gasteiger partial charge in [-0.15, -0.1) is 0 Å². The van der Waals surface area contributed by atoms with Crippen molar-refractivity contribution in [1.29, 1.82) is 0 Å². The van der Waals surface area contributed by atoms with Gasteiger partial charge in [-0.1, -0.05) is 48.0 Å². The van der Waals surface area contributed by atoms with E-state index in [1.54, 1.807) is 48.5 Å². The molecule has 0 saturated carbocycles. The van der Waals surface area contributed by atoms with Gasteiger partial charge in [-0.25, -0.2) is 8.78 Å². The van der Waals surface area contributed by atoms with Crippen LogP contribution in [0.25, 0.3) is 6.08 Å². The molecule has 1 fully saturated rings. The second kappa shape index (κ2) is 9.54. The molecule has 0 radical (unpaired) electrons. The predicted molar refractivity (Wildman–Crippen MR) is 120 cm³/mol. The molecule has 0 unspecified atom stereocenters. The zero-order valence-electron chi connectivity index (χ0n) is 16.6. The SMILES string of the molecule is O=C1S/C(=C\c2ccc(OCc3c(F)cccc3Cl)cc2)C(=O)N1Cc1ccccc1F. The molecule has 3 aromatic carbocycles. The van der Waals surface area contributed by atoms with Crippen LogP contribution in [-0.2, 0) is 17.9 Å². The maximum Gasteiger partial charge on any atom is 0.293 e. The molecule has 0 atom stereocenters. The highest BCUT2D eigenvalue weighted by molar-refractivity contribution is 8.18. The number of nitrogens with zero attached hydrogens (tertiary/aromatic N) is 1. The van der Waals surface area contributed by atoms with Gasteiger partial charge in [-0.3, -0.25) is 14.5 Å². The monoisotopic (exact) mass is 471 g/mol. The van der Waals surface area contributed by atoms with Gasteiger partial charge in [-0.05, 0) is 53.7 Å². The number of amides is 2. The van der Waals surface area contributed by atoms with Gasteiger partial charge in [0.15, 0.2) is 0 Å². The van der Waals surface area contributed by atoms with Gasteiger partial charge >= 0.3 is 0 Å². The Kier molecular flexibility index (Phi) is 6.58. The van der Waals surface area contributed by atoms with Crippen molar-refractivity contribution >= 4 is 40.6 Å². The molecule has 0 N–H and O–H groups in total. The Hall–Kier alpha value is -3.16. The summed E-state index contributed by atoms with van der Waals surface area (Å²) >= 11 is 6.80. The fourth-order valence-electron chi connectivity index (χ4n) is 3.07. The van der Waals surface area contributed by atoms with Crippen LogP contribution < -0.4 is 4.74 Å². The fourth-order valence-corrected chi connectivity index (χ4v) is 4.13. The van der Waals surface area contributed by atoms with Crippen molar-refractivity contribution in [3.8, 4) is 5.75 Å². The highest BCUT2D eigenvalue weighted by atomic mass is 35.5. The van der Waals surface area contributed by atoms with E-state index in [0.29, 0.717) is 11.3 Å². The van der Waals surface area contributed by atoms with E-state index >= 15 is 0 Å². The molecule has 1 saturated heterocycles. The van der Waals surface area contributed by atoms with E-state index in [2.05, 4.69) is 0 Å². The van der Waals surface area contributed by atoms with Gasteiger partial charge in [-0.2, -0.15) is 0 Å². The van der Waals surface area contributed by atoms with E-state index < -0.39 is 22.8 Å². The topological polar surface area (TPSA) is 46.6 Å². The van der Waals surface area contributed by atoms with E-state index in [1.165, 1.54) is 24.3 Å². The van der Waals surface area contributed by atoms with Crippen LogP contribution in [0, 0.1) is 11.6 Å². The number of imide groups is 1. The quantitative estimate of drug-likeness (QED) is 0.388. The third-order valence-electron chi connectivity index (χ3n) is 4.78. The second-order valence-electron chi connectivity index (χ2n) is 6.92. The largest absolute Gasteiger partial charge is 0.489 e. The highest BCUT2D eigenvalue weighted by Gasteiger charge is 2.35. The number of rotatable bonds is 6. The average Bonchev–Trinajstić information content (AvgIpc) is 3.03. The minimum Gasteiger partial charge on any atom is -0.489 e. The Balaban J connectivity index is 1.43. The molecule has 8 heteroatoms. The molecular weight excluding hydrogens is 456 g/mol. The van der Waals surface area contributed by atoms with Crippen LogP contribution in [0.1, 0.15) is 16.7 Å². The summed E-state index contributed by atoms with van der Waals surface area (Å²) in [6.07, 6.45) is 1.59. The first-order valence-corrected chi connectivity index (χ1v) is 10.8. The van der Waals surface area contributed by atoms with E-state index in [0.717, 1.165) is 16.7 Å². The Morgan fingerprint density at radius 3 is 2.38 bits per heavy atom. The lowest BCUT2D eigenvalue weighted by atomic mass is 10.2. The summed E-state index contributed by atoms with van der Waals surface area (Å²) in [7, 11) is 0. The zero-order chi connectivity index (χ0) is 22.7. The van der Waals surface area contributed by atoms with Crippen LogP contribution in [-0.4, -0.2) is 16.0 Å². The standard InChI is InChI=1S/C24H16ClF2NO3S/c25-19-5-3-7-21(27)18(19)14-31-17-10-8-15(9-11-17)12-22-23(29)28(24(30)32-22)13-16-4-1-2-6-20(16)26/h1-12H,13-14H2/b22-12-. The van der Waals surface area contributed by atoms with Crippen molar-refractivity contribution in [3.05, 3.63) is 105 Å². The van der Waals surface area contributed by atoms with Crippen LogP contribution in [0.5, 0.6) is 5.75 Å². The minimum absolute atomic E-state index is 0.0280. The van der Waals surface area contributed by atoms with E-state index in [4.69, 9.17) is 16.3 Å². The molecule has 0 spiro atoms. The maximum absolute atomic E-state index is 13.9. The molecule has 2 amide bonds. The van der Waals surface area contributed by atoms with Crippen molar-refractivity contribution < 1.29 is 23.1 Å². The molecule has 4 nitrogen and oxygen atoms in total. The maximum atomic E-state index is 13.9. The number of hydrogen-bond acceptors (Lipinski definition) is 4. The van der Waals surface area contributed by atoms with Crippen LogP contribution in [0.15, 0.2) is 71.6 Å². The van der Waals surface area contributed by atoms with Crippen molar-refractivity contribution in [2.24, 2.45) is 0 Å². The Morgan fingerprint density at radius 1 is 0.938 bits per heavy atom. The van der Waals surface area contributed by atoms with E-state index in [9.17, 15) is 18.4 Å². The average molecular weight is 472 g/mol. The summed E-state index contributed by atoms with van der Waals surface area (Å²) in [5.41, 5.74) is 1.21. The van der Waals surface area contributed by atoms with Gasteiger partial charge in [0.05, 0.1) is 16.5 Å². The number of benzene rings is 3. The van der Waals surface area contributed by atoms with Gasteiger partial charge in [0.25, 0.3) is 11.1 Å². The van der Waals surface area contributed by atoms with Crippen LogP contribution in [0.3, 0.4) is 0 Å². The molecule has 4 rings (SSSR count). The fraction of sp³-hybridized carbons (Fsp3) is 0.0833. The highest BCUT2D eigenvalue weighted by Crippen LogP contribution is 2.34. The van der Waals surface area contributed by atoms with Crippen molar-refractivity contribution in [2.75, 3.05) is 0 Å². The molecule has 32 heavy (non-hydrogen) atoms. The van der Waals surface area contributed by atoms with Crippen LogP contribution in [0.2, 0.25) is 5.02 Å². The lowest BCUT2D eigenvalue weighted by molar-refractivity contribution is -0.123. The van der Waals surface area contributed by atoms with Gasteiger partial charge in [0.2, 0.25) is 0 Å². The predicted octanol–water partition coefficient (Wildman–Crippen LogP) is 6.43. The lowest BCUT2D eigenvalue weighted by Gasteiger charge is -2.12. The molecule has 0 aromatic heterocycles. The molecular formula is C24H16ClF2NO3S. The van der Waals surface area contributed by atoms with Gasteiger partial charge < -0.3 is 4.74 Å². The Bertz CT molecular complexity index is 1190. The number of ether oxygens (including phenoxy) is 1. The number of carbonyl (C=O) groups is 2. The first-order valence-electron chi connectivity index (χ1n) is 9.57. The first-order chi connectivity index (χ1) is 15.4. The molecule has 1 aliphatic rings. The summed E-state index contributed by atoms with van der Waals surface area (Å²) in [4.78, 5) is 26.2. The Morgan fingerprint density at radius 2 is 1.66 bits per heavy atom. The van der Waals surface area contributed by atoms with Crippen molar-refractivity contribution in [2.45, 2.75) is 13.2 Å². The molecule has 162 valence electrons. The van der Waals surface area contributed by atoms with Crippen LogP contribution >= 0.6 is 23.4 Å². The molecule has 0 aliphatic carbocycles. The first kappa shape index (κ1) is 22.0. The van der Waals surface area contributed by atoms with E-state index in [-0.39, 0.29) is 34.2 Å². The third kappa shape index (κ3) is 4.84. The second-order valence-corrected chi connectivity index (χ2v) is 8.32. The van der Waals surface area contributed by atoms with Crippen molar-refractivity contribution in [3.63, 3.8) is 0 Å². The summed E-state index contributed by atoms with van der Waals surface area (Å²) in [6.45, 7) is -0.153. The summed E-state index contributed by atoms with van der Waals surface area (Å²) < 4.78 is 33.3. The molecule has 0 bridgehead atoms. The number of carbonyl (C=O) groups excluding carboxylic acids is 2. The number of halogens is 3. The zero-order valence-corrected chi connectivity index (χ0v) is 18.1. The molecule has 1 aliphatic heterocycles. The number of hydrogen-bond donors (Lipinski definition) is 0. The van der Waals surface area contributed by atoms with E-state index in [1.807, 2.05) is 0 Å². The number of thioether (sulfide) groups is 1. The smallest absolute Gasteiger partial charge is 0.293 e. The normalized spacial score (nSPS) is 15.0. The molecule has 3 aromatic rings. The summed E-state index contributed by atoms with van der Waals surface area (Å²) in [5, 5.41) is -0.168. The Labute approximate surface area is 192 Å². The third-order valence-corrected chi connectivity index (χ3v) is 6.04. The lowest BCUT2D eigenvalue weighted by Crippen LogP contribution is -2.27. The minimum atomic E-state index is -0.474. The molecule has 1 heterocycles.